The SMILES string of the molecule is CC1(C)c2cc(C#N)ccc2-c2ccc(-c3cc(-c4cnc5c(c4)oc4ccccc45)cc(-c4nc(-c5ccccc5)nc(-c5ccccc5)n4)c3)cc21. The van der Waals surface area contributed by atoms with E-state index in [-0.39, 0.29) is 5.41 Å². The van der Waals surface area contributed by atoms with Gasteiger partial charge in [0.2, 0.25) is 0 Å². The summed E-state index contributed by atoms with van der Waals surface area (Å²) in [6, 6.07) is 51.6. The van der Waals surface area contributed by atoms with Crippen LogP contribution in [-0.2, 0) is 5.41 Å². The minimum atomic E-state index is -0.284. The number of hydrogen-bond donors (Lipinski definition) is 0. The molecule has 6 aromatic carbocycles. The van der Waals surface area contributed by atoms with Crippen molar-refractivity contribution in [3.8, 4) is 73.6 Å². The van der Waals surface area contributed by atoms with E-state index in [9.17, 15) is 5.26 Å². The Morgan fingerprint density at radius 1 is 0.500 bits per heavy atom. The van der Waals surface area contributed by atoms with Gasteiger partial charge >= 0.3 is 0 Å². The molecule has 0 spiro atoms. The Balaban J connectivity index is 1.18. The van der Waals surface area contributed by atoms with Crippen molar-refractivity contribution in [1.29, 1.82) is 5.26 Å². The van der Waals surface area contributed by atoms with Crippen molar-refractivity contribution in [1.82, 2.24) is 19.9 Å². The normalized spacial score (nSPS) is 12.8. The number of benzene rings is 6. The zero-order valence-corrected chi connectivity index (χ0v) is 29.6. The van der Waals surface area contributed by atoms with Gasteiger partial charge in [-0.3, -0.25) is 4.98 Å². The summed E-state index contributed by atoms with van der Waals surface area (Å²) < 4.78 is 6.28. The predicted molar refractivity (Wildman–Crippen MR) is 214 cm³/mol. The van der Waals surface area contributed by atoms with Gasteiger partial charge in [-0.05, 0) is 93.5 Å². The summed E-state index contributed by atoms with van der Waals surface area (Å²) >= 11 is 0. The average molecular weight is 694 g/mol. The molecule has 0 aliphatic heterocycles. The third-order valence-electron chi connectivity index (χ3n) is 10.6. The molecule has 0 saturated carbocycles. The van der Waals surface area contributed by atoms with Crippen LogP contribution >= 0.6 is 0 Å². The number of nitrogens with zero attached hydrogens (tertiary/aromatic N) is 5. The van der Waals surface area contributed by atoms with Gasteiger partial charge in [-0.1, -0.05) is 105 Å². The predicted octanol–water partition coefficient (Wildman–Crippen LogP) is 11.7. The standard InChI is InChI=1S/C48H31N5O/c1-48(2)40-21-29(27-49)17-19-37(40)38-20-18-32(25-41(38)48)33-22-34(36-26-43-44(50-28-36)39-15-9-10-16-42(39)54-43)24-35(23-33)47-52-45(30-11-5-3-6-12-30)51-46(53-47)31-13-7-4-8-14-31/h3-26,28H,1-2H3. The maximum atomic E-state index is 9.67. The van der Waals surface area contributed by atoms with Crippen molar-refractivity contribution < 1.29 is 4.42 Å². The molecule has 0 bridgehead atoms. The molecule has 9 aromatic rings. The fraction of sp³-hybridized carbons (Fsp3) is 0.0625. The number of pyridine rings is 1. The third-order valence-corrected chi connectivity index (χ3v) is 10.6. The van der Waals surface area contributed by atoms with Gasteiger partial charge in [-0.25, -0.2) is 15.0 Å². The maximum Gasteiger partial charge on any atom is 0.164 e. The average Bonchev–Trinajstić information content (AvgIpc) is 3.71. The van der Waals surface area contributed by atoms with E-state index >= 15 is 0 Å². The fourth-order valence-corrected chi connectivity index (χ4v) is 7.77. The van der Waals surface area contributed by atoms with Crippen LogP contribution in [0.4, 0.5) is 0 Å². The molecule has 6 nitrogen and oxygen atoms in total. The van der Waals surface area contributed by atoms with Crippen LogP contribution in [0.5, 0.6) is 0 Å². The van der Waals surface area contributed by atoms with E-state index in [1.54, 1.807) is 0 Å². The molecule has 0 radical (unpaired) electrons. The van der Waals surface area contributed by atoms with Gasteiger partial charge in [0.25, 0.3) is 0 Å². The van der Waals surface area contributed by atoms with Crippen molar-refractivity contribution in [2.24, 2.45) is 0 Å². The Bertz CT molecular complexity index is 2920. The molecule has 0 unspecified atom stereocenters. The summed E-state index contributed by atoms with van der Waals surface area (Å²) in [7, 11) is 0. The van der Waals surface area contributed by atoms with Crippen molar-refractivity contribution in [3.63, 3.8) is 0 Å². The molecule has 1 aliphatic rings. The number of aromatic nitrogens is 4. The topological polar surface area (TPSA) is 88.5 Å². The first-order valence-corrected chi connectivity index (χ1v) is 17.9. The molecule has 3 heterocycles. The summed E-state index contributed by atoms with van der Waals surface area (Å²) in [5.41, 5.74) is 14.2. The lowest BCUT2D eigenvalue weighted by Crippen LogP contribution is -2.15. The van der Waals surface area contributed by atoms with Crippen LogP contribution in [0.3, 0.4) is 0 Å². The van der Waals surface area contributed by atoms with Gasteiger partial charge in [-0.2, -0.15) is 5.26 Å². The highest BCUT2D eigenvalue weighted by atomic mass is 16.3. The van der Waals surface area contributed by atoms with Gasteiger partial charge in [0, 0.05) is 39.3 Å². The van der Waals surface area contributed by atoms with Crippen LogP contribution in [0, 0.1) is 11.3 Å². The first kappa shape index (κ1) is 31.5. The van der Waals surface area contributed by atoms with Gasteiger partial charge in [-0.15, -0.1) is 0 Å². The second-order valence-electron chi connectivity index (χ2n) is 14.3. The van der Waals surface area contributed by atoms with E-state index in [1.807, 2.05) is 103 Å². The molecule has 0 fully saturated rings. The van der Waals surface area contributed by atoms with Crippen molar-refractivity contribution >= 4 is 22.1 Å². The maximum absolute atomic E-state index is 9.67. The Hall–Kier alpha value is -7.23. The van der Waals surface area contributed by atoms with Crippen LogP contribution < -0.4 is 0 Å². The second kappa shape index (κ2) is 12.2. The van der Waals surface area contributed by atoms with Crippen LogP contribution in [-0.4, -0.2) is 19.9 Å². The largest absolute Gasteiger partial charge is 0.454 e. The Morgan fingerprint density at radius 2 is 1.07 bits per heavy atom. The molecule has 3 aromatic heterocycles. The zero-order chi connectivity index (χ0) is 36.4. The molecule has 254 valence electrons. The number of furan rings is 1. The van der Waals surface area contributed by atoms with Crippen molar-refractivity contribution in [2.75, 3.05) is 0 Å². The van der Waals surface area contributed by atoms with Crippen LogP contribution in [0.15, 0.2) is 156 Å². The number of para-hydroxylation sites is 1. The molecule has 0 atom stereocenters. The number of fused-ring (bicyclic) bond motifs is 6. The Kier molecular flexibility index (Phi) is 7.11. The molecular formula is C48H31N5O. The zero-order valence-electron chi connectivity index (χ0n) is 29.6. The van der Waals surface area contributed by atoms with Crippen LogP contribution in [0.25, 0.3) is 89.6 Å². The highest BCUT2D eigenvalue weighted by Gasteiger charge is 2.36. The Morgan fingerprint density at radius 3 is 1.76 bits per heavy atom. The van der Waals surface area contributed by atoms with Crippen LogP contribution in [0.2, 0.25) is 0 Å². The van der Waals surface area contributed by atoms with Gasteiger partial charge in [0.05, 0.1) is 11.6 Å². The number of nitriles is 1. The first-order valence-electron chi connectivity index (χ1n) is 17.9. The van der Waals surface area contributed by atoms with Crippen LogP contribution in [0.1, 0.15) is 30.5 Å². The molecule has 10 rings (SSSR count). The first-order chi connectivity index (χ1) is 26.4. The smallest absolute Gasteiger partial charge is 0.164 e. The van der Waals surface area contributed by atoms with E-state index in [0.717, 1.165) is 61.0 Å². The van der Waals surface area contributed by atoms with E-state index in [0.29, 0.717) is 23.0 Å². The van der Waals surface area contributed by atoms with Crippen molar-refractivity contribution in [2.45, 2.75) is 19.3 Å². The summed E-state index contributed by atoms with van der Waals surface area (Å²) in [5, 5.41) is 10.7. The highest BCUT2D eigenvalue weighted by molar-refractivity contribution is 6.03. The summed E-state index contributed by atoms with van der Waals surface area (Å²) in [4.78, 5) is 20.0. The van der Waals surface area contributed by atoms with Crippen molar-refractivity contribution in [3.05, 3.63) is 168 Å². The minimum absolute atomic E-state index is 0.284. The lowest BCUT2D eigenvalue weighted by Gasteiger charge is -2.22. The van der Waals surface area contributed by atoms with E-state index in [4.69, 9.17) is 24.4 Å². The number of rotatable bonds is 5. The second-order valence-corrected chi connectivity index (χ2v) is 14.3. The molecule has 54 heavy (non-hydrogen) atoms. The van der Waals surface area contributed by atoms with Gasteiger partial charge in [0.1, 0.15) is 11.1 Å². The Labute approximate surface area is 312 Å². The van der Waals surface area contributed by atoms with E-state index in [1.165, 1.54) is 22.3 Å². The molecular weight excluding hydrogens is 663 g/mol. The third kappa shape index (κ3) is 5.17. The highest BCUT2D eigenvalue weighted by Crippen LogP contribution is 2.50. The summed E-state index contributed by atoms with van der Waals surface area (Å²) in [6.07, 6.45) is 1.92. The van der Waals surface area contributed by atoms with Gasteiger partial charge in [0.15, 0.2) is 23.1 Å². The lowest BCUT2D eigenvalue weighted by atomic mass is 9.81. The van der Waals surface area contributed by atoms with E-state index < -0.39 is 0 Å². The van der Waals surface area contributed by atoms with Gasteiger partial charge < -0.3 is 4.42 Å². The fourth-order valence-electron chi connectivity index (χ4n) is 7.77. The number of hydrogen-bond acceptors (Lipinski definition) is 6. The minimum Gasteiger partial charge on any atom is -0.454 e. The summed E-state index contributed by atoms with van der Waals surface area (Å²) in [5.74, 6) is 1.78. The molecule has 0 saturated heterocycles. The quantitative estimate of drug-likeness (QED) is 0.178. The molecule has 0 N–H and O–H groups in total. The monoisotopic (exact) mass is 693 g/mol. The summed E-state index contributed by atoms with van der Waals surface area (Å²) in [6.45, 7) is 4.47. The molecule has 0 amide bonds. The molecule has 1 aliphatic carbocycles. The van der Waals surface area contributed by atoms with E-state index in [2.05, 4.69) is 68.4 Å². The lowest BCUT2D eigenvalue weighted by molar-refractivity contribution is 0.660. The molecule has 6 heteroatoms.